The number of anilines is 2. The van der Waals surface area contributed by atoms with E-state index in [-0.39, 0.29) is 18.2 Å². The summed E-state index contributed by atoms with van der Waals surface area (Å²) in [5.74, 6) is 1.02. The molecule has 0 bridgehead atoms. The van der Waals surface area contributed by atoms with Crippen molar-refractivity contribution in [1.82, 2.24) is 9.88 Å². The lowest BCUT2D eigenvalue weighted by Gasteiger charge is -2.25. The molecule has 0 unspecified atom stereocenters. The molecule has 3 aromatic rings. The molecule has 2 N–H and O–H groups in total. The van der Waals surface area contributed by atoms with Crippen molar-refractivity contribution in [2.24, 2.45) is 0 Å². The number of oxazole rings is 1. The second-order valence-electron chi connectivity index (χ2n) is 8.05. The zero-order valence-electron chi connectivity index (χ0n) is 18.7. The van der Waals surface area contributed by atoms with Crippen LogP contribution < -0.4 is 10.6 Å². The number of rotatable bonds is 8. The first kappa shape index (κ1) is 22.7. The predicted molar refractivity (Wildman–Crippen MR) is 126 cm³/mol. The first-order valence-corrected chi connectivity index (χ1v) is 11.1. The van der Waals surface area contributed by atoms with Crippen LogP contribution in [0.25, 0.3) is 11.3 Å². The maximum Gasteiger partial charge on any atom is 0.238 e. The molecule has 8 nitrogen and oxygen atoms in total. The molecular weight excluding hydrogens is 420 g/mol. The van der Waals surface area contributed by atoms with Gasteiger partial charge in [-0.2, -0.15) is 0 Å². The zero-order chi connectivity index (χ0) is 23.0. The van der Waals surface area contributed by atoms with Crippen LogP contribution in [-0.2, 0) is 20.7 Å². The number of aromatic nitrogens is 1. The molecule has 1 aromatic heterocycles. The number of carbonyl (C=O) groups excluding carboxylic acids is 2. The van der Waals surface area contributed by atoms with Crippen LogP contribution in [0, 0.1) is 6.92 Å². The van der Waals surface area contributed by atoms with Gasteiger partial charge in [0.05, 0.1) is 26.0 Å². The first-order chi connectivity index (χ1) is 16.0. The lowest BCUT2D eigenvalue weighted by molar-refractivity contribution is -0.118. The number of ether oxygens (including phenoxy) is 1. The molecule has 0 radical (unpaired) electrons. The van der Waals surface area contributed by atoms with E-state index in [4.69, 9.17) is 9.15 Å². The number of nitrogens with one attached hydrogen (secondary N) is 2. The van der Waals surface area contributed by atoms with Crippen LogP contribution in [0.2, 0.25) is 0 Å². The normalized spacial score (nSPS) is 14.1. The van der Waals surface area contributed by atoms with Gasteiger partial charge >= 0.3 is 0 Å². The van der Waals surface area contributed by atoms with E-state index in [1.165, 1.54) is 5.56 Å². The number of morpholine rings is 1. The summed E-state index contributed by atoms with van der Waals surface area (Å²) in [5, 5.41) is 5.74. The Morgan fingerprint density at radius 3 is 2.24 bits per heavy atom. The topological polar surface area (TPSA) is 96.7 Å². The van der Waals surface area contributed by atoms with Crippen LogP contribution in [-0.4, -0.2) is 54.5 Å². The van der Waals surface area contributed by atoms with Crippen LogP contribution >= 0.6 is 0 Å². The largest absolute Gasteiger partial charge is 0.441 e. The summed E-state index contributed by atoms with van der Waals surface area (Å²) >= 11 is 0. The van der Waals surface area contributed by atoms with Gasteiger partial charge in [-0.15, -0.1) is 0 Å². The van der Waals surface area contributed by atoms with Crippen LogP contribution in [0.4, 0.5) is 11.4 Å². The molecule has 2 aromatic carbocycles. The Bertz CT molecular complexity index is 1070. The molecule has 0 saturated carbocycles. The Morgan fingerprint density at radius 1 is 0.939 bits per heavy atom. The van der Waals surface area contributed by atoms with Crippen molar-refractivity contribution in [3.8, 4) is 11.3 Å². The Kier molecular flexibility index (Phi) is 7.49. The van der Waals surface area contributed by atoms with Gasteiger partial charge in [0.15, 0.2) is 11.7 Å². The average Bonchev–Trinajstić information content (AvgIpc) is 3.29. The number of hydrogen-bond donors (Lipinski definition) is 2. The van der Waals surface area contributed by atoms with E-state index in [0.29, 0.717) is 49.2 Å². The maximum absolute atomic E-state index is 12.3. The Morgan fingerprint density at radius 2 is 1.58 bits per heavy atom. The second kappa shape index (κ2) is 10.9. The molecule has 33 heavy (non-hydrogen) atoms. The van der Waals surface area contributed by atoms with Crippen LogP contribution in [0.3, 0.4) is 0 Å². The number of aryl methyl sites for hydroxylation is 2. The molecule has 172 valence electrons. The van der Waals surface area contributed by atoms with Crippen molar-refractivity contribution in [2.75, 3.05) is 43.5 Å². The van der Waals surface area contributed by atoms with Gasteiger partial charge in [0.1, 0.15) is 0 Å². The van der Waals surface area contributed by atoms with E-state index >= 15 is 0 Å². The van der Waals surface area contributed by atoms with Crippen molar-refractivity contribution in [1.29, 1.82) is 0 Å². The highest BCUT2D eigenvalue weighted by Crippen LogP contribution is 2.21. The van der Waals surface area contributed by atoms with E-state index in [1.807, 2.05) is 31.2 Å². The lowest BCUT2D eigenvalue weighted by Crippen LogP contribution is -2.41. The Hall–Kier alpha value is -3.49. The van der Waals surface area contributed by atoms with Gasteiger partial charge in [-0.3, -0.25) is 14.5 Å². The minimum Gasteiger partial charge on any atom is -0.441 e. The van der Waals surface area contributed by atoms with Crippen LogP contribution in [0.15, 0.2) is 59.1 Å². The summed E-state index contributed by atoms with van der Waals surface area (Å²) in [6.07, 6.45) is 2.35. The van der Waals surface area contributed by atoms with Crippen molar-refractivity contribution < 1.29 is 18.7 Å². The van der Waals surface area contributed by atoms with Gasteiger partial charge in [-0.05, 0) is 31.2 Å². The van der Waals surface area contributed by atoms with E-state index in [0.717, 1.165) is 18.7 Å². The van der Waals surface area contributed by atoms with E-state index in [9.17, 15) is 9.59 Å². The molecule has 0 aliphatic carbocycles. The average molecular weight is 449 g/mol. The quantitative estimate of drug-likeness (QED) is 0.548. The number of nitrogens with zero attached hydrogens (tertiary/aromatic N) is 2. The maximum atomic E-state index is 12.3. The summed E-state index contributed by atoms with van der Waals surface area (Å²) in [5.41, 5.74) is 3.49. The Labute approximate surface area is 192 Å². The molecule has 2 heterocycles. The fourth-order valence-corrected chi connectivity index (χ4v) is 3.52. The van der Waals surface area contributed by atoms with Gasteiger partial charge in [0.2, 0.25) is 11.8 Å². The third-order valence-electron chi connectivity index (χ3n) is 5.38. The standard InChI is InChI=1S/C25H28N4O4/c1-18-2-4-19(5-3-18)22-16-26-25(33-22)11-10-23(30)27-20-6-8-21(9-7-20)28-24(31)17-29-12-14-32-15-13-29/h2-9,16H,10-15,17H2,1H3,(H,27,30)(H,28,31). The van der Waals surface area contributed by atoms with E-state index in [1.54, 1.807) is 30.5 Å². The fraction of sp³-hybridized carbons (Fsp3) is 0.320. The SMILES string of the molecule is Cc1ccc(-c2cnc(CCC(=O)Nc3ccc(NC(=O)CN4CCOCC4)cc3)o2)cc1. The van der Waals surface area contributed by atoms with Crippen LogP contribution in [0.5, 0.6) is 0 Å². The molecule has 1 saturated heterocycles. The number of hydrogen-bond acceptors (Lipinski definition) is 6. The summed E-state index contributed by atoms with van der Waals surface area (Å²) < 4.78 is 11.1. The minimum absolute atomic E-state index is 0.0651. The summed E-state index contributed by atoms with van der Waals surface area (Å²) in [7, 11) is 0. The number of benzene rings is 2. The van der Waals surface area contributed by atoms with Crippen molar-refractivity contribution in [3.63, 3.8) is 0 Å². The van der Waals surface area contributed by atoms with Gasteiger partial charge in [-0.1, -0.05) is 29.8 Å². The molecular formula is C25H28N4O4. The highest BCUT2D eigenvalue weighted by atomic mass is 16.5. The first-order valence-electron chi connectivity index (χ1n) is 11.1. The zero-order valence-corrected chi connectivity index (χ0v) is 18.7. The third-order valence-corrected chi connectivity index (χ3v) is 5.38. The number of carbonyl (C=O) groups is 2. The van der Waals surface area contributed by atoms with Crippen molar-refractivity contribution in [3.05, 3.63) is 66.2 Å². The van der Waals surface area contributed by atoms with Gasteiger partial charge < -0.3 is 19.8 Å². The smallest absolute Gasteiger partial charge is 0.238 e. The van der Waals surface area contributed by atoms with Gasteiger partial charge in [-0.25, -0.2) is 4.98 Å². The molecule has 4 rings (SSSR count). The number of amides is 2. The molecule has 2 amide bonds. The van der Waals surface area contributed by atoms with Gasteiger partial charge in [0, 0.05) is 42.9 Å². The molecule has 8 heteroatoms. The molecule has 1 aliphatic rings. The predicted octanol–water partition coefficient (Wildman–Crippen LogP) is 3.49. The third kappa shape index (κ3) is 6.74. The molecule has 0 spiro atoms. The fourth-order valence-electron chi connectivity index (χ4n) is 3.52. The van der Waals surface area contributed by atoms with E-state index < -0.39 is 0 Å². The molecule has 1 aliphatic heterocycles. The highest BCUT2D eigenvalue weighted by Gasteiger charge is 2.14. The monoisotopic (exact) mass is 448 g/mol. The van der Waals surface area contributed by atoms with Crippen molar-refractivity contribution >= 4 is 23.2 Å². The van der Waals surface area contributed by atoms with Crippen molar-refractivity contribution in [2.45, 2.75) is 19.8 Å². The summed E-state index contributed by atoms with van der Waals surface area (Å²) in [6.45, 7) is 5.22. The lowest BCUT2D eigenvalue weighted by atomic mass is 10.1. The summed E-state index contributed by atoms with van der Waals surface area (Å²) in [6, 6.07) is 15.1. The van der Waals surface area contributed by atoms with Crippen LogP contribution in [0.1, 0.15) is 17.9 Å². The van der Waals surface area contributed by atoms with Gasteiger partial charge in [0.25, 0.3) is 0 Å². The second-order valence-corrected chi connectivity index (χ2v) is 8.05. The molecule has 1 fully saturated rings. The summed E-state index contributed by atoms with van der Waals surface area (Å²) in [4.78, 5) is 30.8. The molecule has 0 atom stereocenters. The minimum atomic E-state index is -0.130. The highest BCUT2D eigenvalue weighted by molar-refractivity contribution is 5.93. The Balaban J connectivity index is 1.22. The van der Waals surface area contributed by atoms with E-state index in [2.05, 4.69) is 20.5 Å².